The zero-order chi connectivity index (χ0) is 21.0. The second-order valence-corrected chi connectivity index (χ2v) is 11.2. The Morgan fingerprint density at radius 2 is 2.00 bits per heavy atom. The van der Waals surface area contributed by atoms with Crippen molar-refractivity contribution in [1.82, 2.24) is 23.9 Å². The van der Waals surface area contributed by atoms with Crippen LogP contribution in [0.3, 0.4) is 0 Å². The Kier molecular flexibility index (Phi) is 4.59. The lowest BCUT2D eigenvalue weighted by Gasteiger charge is -2.32. The molecule has 0 aliphatic carbocycles. The number of fused-ring (bicyclic) bond motifs is 1. The lowest BCUT2D eigenvalue weighted by molar-refractivity contribution is 0.357. The largest absolute Gasteiger partial charge is 0.381 e. The van der Waals surface area contributed by atoms with Crippen molar-refractivity contribution in [1.29, 1.82) is 0 Å². The number of sulfone groups is 1. The Balaban J connectivity index is 1.80. The fraction of sp³-hybridized carbons (Fsp3) is 0.353. The molecule has 2 N–H and O–H groups in total. The van der Waals surface area contributed by atoms with Crippen molar-refractivity contribution in [2.24, 2.45) is 0 Å². The number of nitrogens with two attached hydrogens (primary N) is 1. The molecule has 4 rings (SSSR count). The molecule has 1 saturated heterocycles. The number of aromatic nitrogens is 4. The van der Waals surface area contributed by atoms with Gasteiger partial charge in [-0.15, -0.1) is 0 Å². The molecule has 0 amide bonds. The van der Waals surface area contributed by atoms with Crippen molar-refractivity contribution >= 4 is 31.3 Å². The van der Waals surface area contributed by atoms with E-state index < -0.39 is 25.9 Å². The van der Waals surface area contributed by atoms with E-state index in [0.29, 0.717) is 16.9 Å². The maximum atomic E-state index is 13.2. The van der Waals surface area contributed by atoms with Crippen LogP contribution in [0.1, 0.15) is 12.5 Å². The molecular formula is C17H20N6O4S2. The lowest BCUT2D eigenvalue weighted by Crippen LogP contribution is -2.49. The van der Waals surface area contributed by atoms with Crippen molar-refractivity contribution in [3.05, 3.63) is 36.3 Å². The molecule has 1 atom stereocenters. The minimum absolute atomic E-state index is 0.0611. The van der Waals surface area contributed by atoms with Gasteiger partial charge in [0.1, 0.15) is 6.33 Å². The van der Waals surface area contributed by atoms with Crippen molar-refractivity contribution in [2.45, 2.75) is 24.8 Å². The van der Waals surface area contributed by atoms with Crippen LogP contribution in [0.25, 0.3) is 16.9 Å². The predicted molar refractivity (Wildman–Crippen MR) is 107 cm³/mol. The average Bonchev–Trinajstić information content (AvgIpc) is 3.06. The standard InChI is InChI=1S/C17H20N6O4S2/c1-11-3-4-13(29(26,27)22-5-6-28(24,25)9-12(22)2)7-14(11)15-8-19-17-16(18)20-10-21-23(15)17/h3-4,7-8,10,12H,5-6,9H2,1-2H3,(H2,18,20,21). The van der Waals surface area contributed by atoms with Gasteiger partial charge in [-0.25, -0.2) is 31.3 Å². The quantitative estimate of drug-likeness (QED) is 0.625. The van der Waals surface area contributed by atoms with Crippen LogP contribution in [0.5, 0.6) is 0 Å². The van der Waals surface area contributed by atoms with Crippen LogP contribution in [0.2, 0.25) is 0 Å². The fourth-order valence-electron chi connectivity index (χ4n) is 3.53. The van der Waals surface area contributed by atoms with E-state index in [1.54, 1.807) is 25.3 Å². The molecule has 3 heterocycles. The van der Waals surface area contributed by atoms with Gasteiger partial charge in [-0.05, 0) is 31.5 Å². The summed E-state index contributed by atoms with van der Waals surface area (Å²) in [7, 11) is -7.10. The van der Waals surface area contributed by atoms with Gasteiger partial charge in [0, 0.05) is 18.2 Å². The number of nitrogens with zero attached hydrogens (tertiary/aromatic N) is 5. The summed E-state index contributed by atoms with van der Waals surface area (Å²) < 4.78 is 52.8. The number of imidazole rings is 1. The normalized spacial score (nSPS) is 20.1. The second-order valence-electron chi connectivity index (χ2n) is 7.08. The minimum atomic E-state index is -3.87. The van der Waals surface area contributed by atoms with E-state index in [2.05, 4.69) is 15.1 Å². The number of aryl methyl sites for hydroxylation is 1. The van der Waals surface area contributed by atoms with Crippen LogP contribution in [0, 0.1) is 6.92 Å². The molecule has 10 nitrogen and oxygen atoms in total. The van der Waals surface area contributed by atoms with Crippen molar-refractivity contribution in [3.63, 3.8) is 0 Å². The first-order valence-corrected chi connectivity index (χ1v) is 12.1. The van der Waals surface area contributed by atoms with Crippen LogP contribution in [-0.2, 0) is 19.9 Å². The van der Waals surface area contributed by atoms with Crippen LogP contribution in [-0.4, -0.2) is 64.8 Å². The molecule has 0 radical (unpaired) electrons. The van der Waals surface area contributed by atoms with Crippen LogP contribution < -0.4 is 5.73 Å². The maximum absolute atomic E-state index is 13.2. The highest BCUT2D eigenvalue weighted by Crippen LogP contribution is 2.30. The van der Waals surface area contributed by atoms with Gasteiger partial charge in [-0.2, -0.15) is 9.40 Å². The SMILES string of the molecule is Cc1ccc(S(=O)(=O)N2CCS(=O)(=O)CC2C)cc1-c1cnc2c(N)ncnn12. The maximum Gasteiger partial charge on any atom is 0.243 e. The third-order valence-electron chi connectivity index (χ3n) is 5.03. The summed E-state index contributed by atoms with van der Waals surface area (Å²) in [6, 6.07) is 4.16. The molecule has 0 bridgehead atoms. The Labute approximate surface area is 168 Å². The van der Waals surface area contributed by atoms with Crippen molar-refractivity contribution < 1.29 is 16.8 Å². The van der Waals surface area contributed by atoms with Gasteiger partial charge in [0.15, 0.2) is 21.3 Å². The second kappa shape index (κ2) is 6.75. The molecule has 1 unspecified atom stereocenters. The Hall–Kier alpha value is -2.57. The smallest absolute Gasteiger partial charge is 0.243 e. The van der Waals surface area contributed by atoms with Crippen molar-refractivity contribution in [2.75, 3.05) is 23.8 Å². The van der Waals surface area contributed by atoms with E-state index in [4.69, 9.17) is 5.73 Å². The molecule has 0 spiro atoms. The van der Waals surface area contributed by atoms with Crippen LogP contribution in [0.4, 0.5) is 5.82 Å². The summed E-state index contributed by atoms with van der Waals surface area (Å²) in [5.41, 5.74) is 8.26. The van der Waals surface area contributed by atoms with Gasteiger partial charge in [0.25, 0.3) is 0 Å². The first-order valence-electron chi connectivity index (χ1n) is 8.88. The van der Waals surface area contributed by atoms with E-state index in [9.17, 15) is 16.8 Å². The topological polar surface area (TPSA) is 141 Å². The first kappa shape index (κ1) is 19.7. The molecule has 3 aromatic rings. The first-order chi connectivity index (χ1) is 13.6. The molecule has 29 heavy (non-hydrogen) atoms. The zero-order valence-electron chi connectivity index (χ0n) is 15.8. The highest BCUT2D eigenvalue weighted by molar-refractivity contribution is 7.92. The molecule has 1 aromatic carbocycles. The van der Waals surface area contributed by atoms with Gasteiger partial charge in [-0.3, -0.25) is 0 Å². The number of hydrogen-bond donors (Lipinski definition) is 1. The molecule has 154 valence electrons. The summed E-state index contributed by atoms with van der Waals surface area (Å²) in [5, 5.41) is 4.17. The van der Waals surface area contributed by atoms with Gasteiger partial charge >= 0.3 is 0 Å². The van der Waals surface area contributed by atoms with E-state index in [0.717, 1.165) is 5.56 Å². The van der Waals surface area contributed by atoms with E-state index in [-0.39, 0.29) is 28.8 Å². The third kappa shape index (κ3) is 3.36. The monoisotopic (exact) mass is 436 g/mol. The Morgan fingerprint density at radius 3 is 2.72 bits per heavy atom. The molecule has 1 fully saturated rings. The number of sulfonamides is 1. The molecule has 1 aliphatic rings. The highest BCUT2D eigenvalue weighted by Gasteiger charge is 2.36. The molecule has 0 saturated carbocycles. The number of benzene rings is 1. The summed E-state index contributed by atoms with van der Waals surface area (Å²) in [6.07, 6.45) is 2.87. The highest BCUT2D eigenvalue weighted by atomic mass is 32.2. The number of anilines is 1. The minimum Gasteiger partial charge on any atom is -0.381 e. The lowest BCUT2D eigenvalue weighted by atomic mass is 10.1. The van der Waals surface area contributed by atoms with E-state index in [1.165, 1.54) is 21.2 Å². The zero-order valence-corrected chi connectivity index (χ0v) is 17.5. The van der Waals surface area contributed by atoms with Gasteiger partial charge < -0.3 is 5.73 Å². The Bertz CT molecular complexity index is 1320. The average molecular weight is 437 g/mol. The predicted octanol–water partition coefficient (Wildman–Crippen LogP) is 0.490. The van der Waals surface area contributed by atoms with Crippen LogP contribution in [0.15, 0.2) is 35.6 Å². The number of nitrogen functional groups attached to an aromatic ring is 1. The summed E-state index contributed by atoms with van der Waals surface area (Å²) in [4.78, 5) is 8.22. The van der Waals surface area contributed by atoms with Gasteiger partial charge in [-0.1, -0.05) is 6.07 Å². The fourth-order valence-corrected chi connectivity index (χ4v) is 6.96. The summed E-state index contributed by atoms with van der Waals surface area (Å²) in [5.74, 6) is -0.149. The van der Waals surface area contributed by atoms with Crippen LogP contribution >= 0.6 is 0 Å². The molecule has 2 aromatic heterocycles. The third-order valence-corrected chi connectivity index (χ3v) is 8.84. The Morgan fingerprint density at radius 1 is 1.24 bits per heavy atom. The summed E-state index contributed by atoms with van der Waals surface area (Å²) >= 11 is 0. The van der Waals surface area contributed by atoms with Crippen molar-refractivity contribution in [3.8, 4) is 11.3 Å². The van der Waals surface area contributed by atoms with Gasteiger partial charge in [0.2, 0.25) is 10.0 Å². The van der Waals surface area contributed by atoms with E-state index in [1.807, 2.05) is 6.92 Å². The molecule has 12 heteroatoms. The van der Waals surface area contributed by atoms with Gasteiger partial charge in [0.05, 0.1) is 28.3 Å². The molecular weight excluding hydrogens is 416 g/mol. The number of hydrogen-bond acceptors (Lipinski definition) is 8. The summed E-state index contributed by atoms with van der Waals surface area (Å²) in [6.45, 7) is 3.40. The number of rotatable bonds is 3. The molecule has 1 aliphatic heterocycles. The van der Waals surface area contributed by atoms with E-state index >= 15 is 0 Å².